The molecule has 0 bridgehead atoms. The van der Waals surface area contributed by atoms with E-state index in [0.29, 0.717) is 0 Å². The maximum absolute atomic E-state index is 10.1. The fourth-order valence-electron chi connectivity index (χ4n) is 4.39. The van der Waals surface area contributed by atoms with Crippen molar-refractivity contribution in [2.45, 2.75) is 47.9 Å². The molecule has 1 aliphatic heterocycles. The second-order valence-corrected chi connectivity index (χ2v) is 8.58. The normalized spacial score (nSPS) is 17.9. The summed E-state index contributed by atoms with van der Waals surface area (Å²) in [5.74, 6) is 0. The molecule has 0 spiro atoms. The van der Waals surface area contributed by atoms with E-state index in [1.165, 1.54) is 38.9 Å². The van der Waals surface area contributed by atoms with Crippen LogP contribution in [-0.2, 0) is 19.6 Å². The molecule has 1 fully saturated rings. The fourth-order valence-corrected chi connectivity index (χ4v) is 4.39. The zero-order valence-electron chi connectivity index (χ0n) is 24.7. The Balaban J connectivity index is 0.00000112. The van der Waals surface area contributed by atoms with Gasteiger partial charge in [0, 0.05) is 56.5 Å². The minimum atomic E-state index is -0.129. The Hall–Kier alpha value is -2.97. The van der Waals surface area contributed by atoms with Crippen LogP contribution in [0.4, 0.5) is 0 Å². The highest BCUT2D eigenvalue weighted by molar-refractivity contribution is 5.17. The highest BCUT2D eigenvalue weighted by Gasteiger charge is 2.25. The second kappa shape index (κ2) is 15.8. The maximum Gasteiger partial charge on any atom is 0.111 e. The highest BCUT2D eigenvalue weighted by atomic mass is 15.3. The van der Waals surface area contributed by atoms with Gasteiger partial charge in [-0.15, -0.1) is 0 Å². The van der Waals surface area contributed by atoms with Crippen LogP contribution in [0.15, 0.2) is 91.0 Å². The van der Waals surface area contributed by atoms with E-state index in [1.54, 1.807) is 0 Å². The van der Waals surface area contributed by atoms with Crippen LogP contribution in [0.2, 0.25) is 0 Å². The Kier molecular flexibility index (Phi) is 11.4. The summed E-state index contributed by atoms with van der Waals surface area (Å²) in [4.78, 5) is 7.34. The molecule has 1 heterocycles. The molecule has 4 nitrogen and oxygen atoms in total. The molecule has 4 heteroatoms. The molecule has 3 aromatic rings. The van der Waals surface area contributed by atoms with E-state index in [4.69, 9.17) is 4.11 Å². The summed E-state index contributed by atoms with van der Waals surface area (Å²) in [7, 11) is 3.75. The number of nitrogens with zero attached hydrogens (tertiary/aromatic N) is 4. The number of hydrogen-bond acceptors (Lipinski definition) is 4. The van der Waals surface area contributed by atoms with E-state index in [-0.39, 0.29) is 6.04 Å². The van der Waals surface area contributed by atoms with Gasteiger partial charge in [0.15, 0.2) is 0 Å². The predicted molar refractivity (Wildman–Crippen MR) is 150 cm³/mol. The summed E-state index contributed by atoms with van der Waals surface area (Å²) < 4.78 is 17.2. The lowest BCUT2D eigenvalue weighted by Gasteiger charge is -2.30. The van der Waals surface area contributed by atoms with Gasteiger partial charge in [0.25, 0.3) is 0 Å². The third-order valence-corrected chi connectivity index (χ3v) is 6.18. The molecule has 1 unspecified atom stereocenters. The Morgan fingerprint density at radius 3 is 1.51 bits per heavy atom. The van der Waals surface area contributed by atoms with E-state index in [0.717, 1.165) is 52.4 Å². The molecule has 1 aliphatic rings. The predicted octanol–water partition coefficient (Wildman–Crippen LogP) is 6.31. The van der Waals surface area contributed by atoms with Crippen LogP contribution in [0, 0.1) is 11.3 Å². The first kappa shape index (κ1) is 25.1. The number of nitriles is 1. The van der Waals surface area contributed by atoms with E-state index in [9.17, 15) is 5.26 Å². The van der Waals surface area contributed by atoms with E-state index in [1.807, 2.05) is 6.07 Å². The lowest BCUT2D eigenvalue weighted by Crippen LogP contribution is -2.43. The summed E-state index contributed by atoms with van der Waals surface area (Å²) in [6, 6.07) is 34.3. The van der Waals surface area contributed by atoms with Crippen LogP contribution in [0.3, 0.4) is 0 Å². The number of rotatable bonds is 6. The van der Waals surface area contributed by atoms with Crippen LogP contribution in [0.5, 0.6) is 0 Å². The molecule has 3 aromatic carbocycles. The summed E-state index contributed by atoms with van der Waals surface area (Å²) in [6.07, 6.45) is 0. The quantitative estimate of drug-likeness (QED) is 0.418. The van der Waals surface area contributed by atoms with Crippen LogP contribution in [0.25, 0.3) is 0 Å². The van der Waals surface area contributed by atoms with Crippen molar-refractivity contribution in [3.63, 3.8) is 0 Å². The molecule has 0 aliphatic carbocycles. The monoisotopic (exact) mass is 475 g/mol. The topological polar surface area (TPSA) is 33.5 Å². The standard InChI is InChI=1S/C28H32N4.3CH4/c29-20-28-24-31(22-26-12-6-2-7-13-26)17-16-30(21-25-10-4-1-5-11-25)18-19-32(28)23-27-14-8-3-9-15-27;;;/h1-15,28H,16-19,21-24H2;3*1H4/i;3*1D. The van der Waals surface area contributed by atoms with Crippen LogP contribution in [-0.4, -0.2) is 53.5 Å². The number of benzene rings is 3. The van der Waals surface area contributed by atoms with Gasteiger partial charge in [-0.3, -0.25) is 14.7 Å². The van der Waals surface area contributed by atoms with Gasteiger partial charge in [-0.2, -0.15) is 5.26 Å². The van der Waals surface area contributed by atoms with Gasteiger partial charge in [0.1, 0.15) is 6.04 Å². The van der Waals surface area contributed by atoms with E-state index >= 15 is 0 Å². The first-order valence-corrected chi connectivity index (χ1v) is 11.5. The van der Waals surface area contributed by atoms with Gasteiger partial charge < -0.3 is 0 Å². The van der Waals surface area contributed by atoms with Gasteiger partial charge in [-0.05, 0) is 16.7 Å². The van der Waals surface area contributed by atoms with Crippen molar-refractivity contribution in [2.24, 2.45) is 0 Å². The summed E-state index contributed by atoms with van der Waals surface area (Å²) in [6.45, 7) is 7.18. The Morgan fingerprint density at radius 2 is 1.03 bits per heavy atom. The van der Waals surface area contributed by atoms with E-state index < -0.39 is 0 Å². The van der Waals surface area contributed by atoms with Crippen LogP contribution in [0.1, 0.15) is 43.0 Å². The lowest BCUT2D eigenvalue weighted by molar-refractivity contribution is 0.170. The van der Waals surface area contributed by atoms with Crippen LogP contribution < -0.4 is 0 Å². The average molecular weight is 476 g/mol. The molecule has 0 aromatic heterocycles. The largest absolute Gasteiger partial charge is 0.297 e. The van der Waals surface area contributed by atoms with Crippen molar-refractivity contribution in [1.82, 2.24) is 14.7 Å². The molecule has 1 saturated heterocycles. The molecule has 35 heavy (non-hydrogen) atoms. The zero-order valence-corrected chi connectivity index (χ0v) is 21.7. The second-order valence-electron chi connectivity index (χ2n) is 8.58. The van der Waals surface area contributed by atoms with Crippen molar-refractivity contribution in [3.05, 3.63) is 108 Å². The fraction of sp³-hybridized carbons (Fsp3) is 0.387. The Labute approximate surface area is 218 Å². The molecule has 4 rings (SSSR count). The van der Waals surface area contributed by atoms with Gasteiger partial charge in [-0.1, -0.05) is 113 Å². The average Bonchev–Trinajstić information content (AvgIpc) is 3.08. The molecule has 1 atom stereocenters. The van der Waals surface area contributed by atoms with Gasteiger partial charge >= 0.3 is 0 Å². The third-order valence-electron chi connectivity index (χ3n) is 6.18. The zero-order chi connectivity index (χ0) is 28.0. The van der Waals surface area contributed by atoms with Crippen molar-refractivity contribution in [3.8, 4) is 6.07 Å². The SMILES string of the molecule is N#CC1CN(Cc2ccccc2)CCN(Cc2ccccc2)CCN1Cc1ccccc1.[2H]C.[2H]C.[2H]C. The van der Waals surface area contributed by atoms with Crippen molar-refractivity contribution >= 4 is 0 Å². The molecule has 0 N–H and O–H groups in total. The van der Waals surface area contributed by atoms with Gasteiger partial charge in [0.05, 0.1) is 6.07 Å². The molecule has 0 amide bonds. The first-order chi connectivity index (χ1) is 18.8. The first-order valence-electron chi connectivity index (χ1n) is 14.5. The minimum absolute atomic E-state index is 0.129. The minimum Gasteiger partial charge on any atom is -0.297 e. The lowest BCUT2D eigenvalue weighted by atomic mass is 10.1. The molecule has 0 radical (unpaired) electrons. The molecular formula is C31H44N4. The van der Waals surface area contributed by atoms with Crippen molar-refractivity contribution in [2.75, 3.05) is 32.7 Å². The summed E-state index contributed by atoms with van der Waals surface area (Å²) >= 11 is 0. The van der Waals surface area contributed by atoms with Crippen LogP contribution >= 0.6 is 0 Å². The summed E-state index contributed by atoms with van der Waals surface area (Å²) in [5, 5.41) is 10.1. The molecule has 0 saturated carbocycles. The molecular weight excluding hydrogens is 428 g/mol. The smallest absolute Gasteiger partial charge is 0.111 e. The molecule has 188 valence electrons. The Bertz CT molecular complexity index is 984. The highest BCUT2D eigenvalue weighted by Crippen LogP contribution is 2.15. The van der Waals surface area contributed by atoms with Gasteiger partial charge in [-0.25, -0.2) is 0 Å². The van der Waals surface area contributed by atoms with Crippen molar-refractivity contribution in [1.29, 1.82) is 5.26 Å². The number of hydrogen-bond donors (Lipinski definition) is 0. The summed E-state index contributed by atoms with van der Waals surface area (Å²) in [5.41, 5.74) is 3.90. The van der Waals surface area contributed by atoms with Crippen molar-refractivity contribution < 1.29 is 4.11 Å². The third kappa shape index (κ3) is 9.30. The maximum atomic E-state index is 10.1. The Morgan fingerprint density at radius 1 is 0.629 bits per heavy atom. The van der Waals surface area contributed by atoms with E-state index in [2.05, 4.69) is 106 Å². The van der Waals surface area contributed by atoms with Gasteiger partial charge in [0.2, 0.25) is 0 Å².